The Balaban J connectivity index is 1.96. The molecular weight excluding hydrogens is 226 g/mol. The number of hydrogen-bond donors (Lipinski definition) is 2. The molecule has 3 N–H and O–H groups in total. The van der Waals surface area contributed by atoms with Crippen LogP contribution < -0.4 is 11.1 Å². The predicted molar refractivity (Wildman–Crippen MR) is 72.3 cm³/mol. The minimum atomic E-state index is 0.154. The molecule has 0 aliphatic carbocycles. The standard InChI is InChI=1S/C14H21N3O/c15-10-13(12-4-2-1-3-5-12)11-17-8-6-14(18)16-7-9-17/h1-5,13H,6-11,15H2,(H,16,18). The molecule has 1 amide bonds. The van der Waals surface area contributed by atoms with Gasteiger partial charge in [-0.3, -0.25) is 4.79 Å². The van der Waals surface area contributed by atoms with Gasteiger partial charge in [-0.05, 0) is 5.56 Å². The van der Waals surface area contributed by atoms with Crippen LogP contribution in [0.15, 0.2) is 30.3 Å². The van der Waals surface area contributed by atoms with Crippen molar-refractivity contribution in [2.24, 2.45) is 5.73 Å². The number of nitrogens with one attached hydrogen (secondary N) is 1. The van der Waals surface area contributed by atoms with E-state index in [4.69, 9.17) is 5.73 Å². The van der Waals surface area contributed by atoms with Crippen molar-refractivity contribution in [3.8, 4) is 0 Å². The Morgan fingerprint density at radius 3 is 2.78 bits per heavy atom. The van der Waals surface area contributed by atoms with Gasteiger partial charge in [0.25, 0.3) is 0 Å². The van der Waals surface area contributed by atoms with Crippen LogP contribution >= 0.6 is 0 Å². The van der Waals surface area contributed by atoms with Gasteiger partial charge in [0.05, 0.1) is 0 Å². The number of benzene rings is 1. The van der Waals surface area contributed by atoms with E-state index >= 15 is 0 Å². The average molecular weight is 247 g/mol. The molecule has 0 saturated carbocycles. The van der Waals surface area contributed by atoms with E-state index in [9.17, 15) is 4.79 Å². The summed E-state index contributed by atoms with van der Waals surface area (Å²) >= 11 is 0. The van der Waals surface area contributed by atoms with Crippen LogP contribution in [0.5, 0.6) is 0 Å². The third-order valence-corrected chi connectivity index (χ3v) is 3.44. The summed E-state index contributed by atoms with van der Waals surface area (Å²) in [6.07, 6.45) is 0.589. The predicted octanol–water partition coefficient (Wildman–Crippen LogP) is 0.551. The van der Waals surface area contributed by atoms with E-state index in [-0.39, 0.29) is 5.91 Å². The molecule has 0 aromatic heterocycles. The molecular formula is C14H21N3O. The molecule has 4 nitrogen and oxygen atoms in total. The van der Waals surface area contributed by atoms with Crippen LogP contribution in [0.25, 0.3) is 0 Å². The van der Waals surface area contributed by atoms with Crippen molar-refractivity contribution < 1.29 is 4.79 Å². The topological polar surface area (TPSA) is 58.4 Å². The molecule has 98 valence electrons. The van der Waals surface area contributed by atoms with Gasteiger partial charge in [-0.25, -0.2) is 0 Å². The van der Waals surface area contributed by atoms with Gasteiger partial charge in [0.1, 0.15) is 0 Å². The molecule has 4 heteroatoms. The summed E-state index contributed by atoms with van der Waals surface area (Å²) < 4.78 is 0. The Morgan fingerprint density at radius 2 is 2.06 bits per heavy atom. The van der Waals surface area contributed by atoms with Crippen molar-refractivity contribution in [3.63, 3.8) is 0 Å². The smallest absolute Gasteiger partial charge is 0.221 e. The fraction of sp³-hybridized carbons (Fsp3) is 0.500. The zero-order valence-electron chi connectivity index (χ0n) is 10.6. The Kier molecular flexibility index (Phi) is 4.73. The highest BCUT2D eigenvalue weighted by molar-refractivity contribution is 5.76. The minimum absolute atomic E-state index is 0.154. The molecule has 1 aliphatic heterocycles. The maximum Gasteiger partial charge on any atom is 0.221 e. The van der Waals surface area contributed by atoms with E-state index < -0.39 is 0 Å². The maximum atomic E-state index is 11.3. The highest BCUT2D eigenvalue weighted by Gasteiger charge is 2.18. The highest BCUT2D eigenvalue weighted by atomic mass is 16.1. The zero-order chi connectivity index (χ0) is 12.8. The molecule has 0 bridgehead atoms. The van der Waals surface area contributed by atoms with Crippen molar-refractivity contribution in [2.45, 2.75) is 12.3 Å². The number of hydrogen-bond acceptors (Lipinski definition) is 3. The summed E-state index contributed by atoms with van der Waals surface area (Å²) in [5, 5.41) is 2.89. The largest absolute Gasteiger partial charge is 0.355 e. The summed E-state index contributed by atoms with van der Waals surface area (Å²) in [5.74, 6) is 0.501. The second-order valence-electron chi connectivity index (χ2n) is 4.74. The molecule has 1 aliphatic rings. The molecule has 0 spiro atoms. The van der Waals surface area contributed by atoms with E-state index in [2.05, 4.69) is 22.3 Å². The number of amides is 1. The first-order valence-corrected chi connectivity index (χ1v) is 6.53. The molecule has 18 heavy (non-hydrogen) atoms. The number of carbonyl (C=O) groups is 1. The van der Waals surface area contributed by atoms with Crippen LogP contribution in [0.2, 0.25) is 0 Å². The summed E-state index contributed by atoms with van der Waals surface area (Å²) in [6, 6.07) is 10.4. The molecule has 1 fully saturated rings. The molecule has 1 heterocycles. The van der Waals surface area contributed by atoms with Crippen molar-refractivity contribution in [1.82, 2.24) is 10.2 Å². The summed E-state index contributed by atoms with van der Waals surface area (Å²) in [7, 11) is 0. The van der Waals surface area contributed by atoms with Crippen LogP contribution in [0.4, 0.5) is 0 Å². The average Bonchev–Trinajstić information content (AvgIpc) is 2.62. The quantitative estimate of drug-likeness (QED) is 0.817. The lowest BCUT2D eigenvalue weighted by Crippen LogP contribution is -2.34. The summed E-state index contributed by atoms with van der Waals surface area (Å²) in [4.78, 5) is 13.6. The lowest BCUT2D eigenvalue weighted by molar-refractivity contribution is -0.120. The van der Waals surface area contributed by atoms with E-state index in [1.807, 2.05) is 18.2 Å². The highest BCUT2D eigenvalue weighted by Crippen LogP contribution is 2.16. The normalized spacial score (nSPS) is 19.1. The van der Waals surface area contributed by atoms with Gasteiger partial charge >= 0.3 is 0 Å². The Labute approximate surface area is 108 Å². The Morgan fingerprint density at radius 1 is 1.28 bits per heavy atom. The van der Waals surface area contributed by atoms with Gasteiger partial charge in [0, 0.05) is 45.1 Å². The minimum Gasteiger partial charge on any atom is -0.355 e. The van der Waals surface area contributed by atoms with Crippen LogP contribution in [-0.4, -0.2) is 43.5 Å². The van der Waals surface area contributed by atoms with Gasteiger partial charge in [0.2, 0.25) is 5.91 Å². The van der Waals surface area contributed by atoms with Crippen LogP contribution in [0, 0.1) is 0 Å². The summed E-state index contributed by atoms with van der Waals surface area (Å²) in [6.45, 7) is 4.05. The van der Waals surface area contributed by atoms with Crippen molar-refractivity contribution in [1.29, 1.82) is 0 Å². The fourth-order valence-corrected chi connectivity index (χ4v) is 2.35. The Hall–Kier alpha value is -1.39. The van der Waals surface area contributed by atoms with Crippen molar-refractivity contribution in [3.05, 3.63) is 35.9 Å². The van der Waals surface area contributed by atoms with E-state index in [0.717, 1.165) is 26.2 Å². The monoisotopic (exact) mass is 247 g/mol. The van der Waals surface area contributed by atoms with E-state index in [1.165, 1.54) is 5.56 Å². The third kappa shape index (κ3) is 3.55. The number of nitrogens with zero attached hydrogens (tertiary/aromatic N) is 1. The van der Waals surface area contributed by atoms with Gasteiger partial charge < -0.3 is 16.0 Å². The van der Waals surface area contributed by atoms with E-state index in [0.29, 0.717) is 18.9 Å². The molecule has 0 radical (unpaired) electrons. The van der Waals surface area contributed by atoms with E-state index in [1.54, 1.807) is 0 Å². The Bertz CT molecular complexity index is 380. The molecule has 1 unspecified atom stereocenters. The van der Waals surface area contributed by atoms with Crippen LogP contribution in [-0.2, 0) is 4.79 Å². The van der Waals surface area contributed by atoms with Crippen LogP contribution in [0.3, 0.4) is 0 Å². The first kappa shape index (κ1) is 13.1. The second kappa shape index (κ2) is 6.52. The third-order valence-electron chi connectivity index (χ3n) is 3.44. The SMILES string of the molecule is NCC(CN1CCNC(=O)CC1)c1ccccc1. The van der Waals surface area contributed by atoms with Crippen LogP contribution in [0.1, 0.15) is 17.9 Å². The molecule has 1 saturated heterocycles. The lowest BCUT2D eigenvalue weighted by Gasteiger charge is -2.25. The lowest BCUT2D eigenvalue weighted by atomic mass is 9.98. The fourth-order valence-electron chi connectivity index (χ4n) is 2.35. The number of rotatable bonds is 4. The first-order valence-electron chi connectivity index (χ1n) is 6.53. The zero-order valence-corrected chi connectivity index (χ0v) is 10.6. The second-order valence-corrected chi connectivity index (χ2v) is 4.74. The maximum absolute atomic E-state index is 11.3. The molecule has 1 aromatic carbocycles. The summed E-state index contributed by atoms with van der Waals surface area (Å²) in [5.41, 5.74) is 7.16. The molecule has 1 atom stereocenters. The molecule has 2 rings (SSSR count). The number of carbonyl (C=O) groups excluding carboxylic acids is 1. The number of nitrogens with two attached hydrogens (primary N) is 1. The van der Waals surface area contributed by atoms with Crippen molar-refractivity contribution in [2.75, 3.05) is 32.7 Å². The van der Waals surface area contributed by atoms with Gasteiger partial charge in [-0.2, -0.15) is 0 Å². The van der Waals surface area contributed by atoms with Gasteiger partial charge in [-0.1, -0.05) is 30.3 Å². The van der Waals surface area contributed by atoms with Crippen molar-refractivity contribution >= 4 is 5.91 Å². The van der Waals surface area contributed by atoms with Gasteiger partial charge in [0.15, 0.2) is 0 Å². The van der Waals surface area contributed by atoms with Gasteiger partial charge in [-0.15, -0.1) is 0 Å². The first-order chi connectivity index (χ1) is 8.79. The molecule has 1 aromatic rings.